The molecule has 0 bridgehead atoms. The summed E-state index contributed by atoms with van der Waals surface area (Å²) in [5, 5.41) is 7.09. The number of nitrogen functional groups attached to an aromatic ring is 1. The highest BCUT2D eigenvalue weighted by Crippen LogP contribution is 2.49. The van der Waals surface area contributed by atoms with Gasteiger partial charge in [-0.25, -0.2) is 14.1 Å². The number of esters is 3. The Bertz CT molecular complexity index is 1840. The molecule has 0 aliphatic carbocycles. The molecule has 6 atom stereocenters. The van der Waals surface area contributed by atoms with Crippen molar-refractivity contribution in [2.45, 2.75) is 124 Å². The molecule has 2 aromatic heterocycles. The number of ether oxygens (including phenoxy) is 4. The molecule has 3 aromatic rings. The van der Waals surface area contributed by atoms with Crippen molar-refractivity contribution in [1.82, 2.24) is 19.7 Å². The second-order valence-corrected chi connectivity index (χ2v) is 18.2. The number of hydrogen-bond donors (Lipinski definition) is 2. The van der Waals surface area contributed by atoms with Crippen LogP contribution >= 0.6 is 7.75 Å². The molecule has 15 nitrogen and oxygen atoms in total. The zero-order chi connectivity index (χ0) is 40.9. The van der Waals surface area contributed by atoms with E-state index in [2.05, 4.69) is 35.9 Å². The molecular weight excluding hydrogens is 729 g/mol. The van der Waals surface area contributed by atoms with Crippen LogP contribution in [-0.2, 0) is 53.4 Å². The minimum absolute atomic E-state index is 0.0374. The number of fused-ring (bicyclic) bond motifs is 1. The van der Waals surface area contributed by atoms with Crippen molar-refractivity contribution in [1.29, 1.82) is 0 Å². The standard InChI is InChI=1S/C39H58N5O10P/c1-23(2)18-32(45)51-34-30(53-39(11,35(34)52-33(46)19-24(3)4)31-17-16-29-36(40)41-22-42-44(29)31)21-50-55(48,43-26(7)37(47)49-20-25(5)6)54-28-14-12-27(13-15-28)38(8,9)10/h12-17,22-26,30,34-35H,18-21H2,1-11H3,(H,43,48)(H2,40,41,42)/t26-,30+,34+,35+,39-,55?/m0/s1. The fraction of sp³-hybridized carbons (Fsp3) is 0.615. The molecule has 55 heavy (non-hydrogen) atoms. The molecule has 1 aromatic carbocycles. The van der Waals surface area contributed by atoms with E-state index in [-0.39, 0.29) is 54.2 Å². The van der Waals surface area contributed by atoms with E-state index in [1.54, 1.807) is 31.2 Å². The maximum atomic E-state index is 14.7. The fourth-order valence-electron chi connectivity index (χ4n) is 6.07. The number of rotatable bonds is 17. The number of carbonyl (C=O) groups is 3. The lowest BCUT2D eigenvalue weighted by molar-refractivity contribution is -0.172. The molecule has 0 radical (unpaired) electrons. The molecule has 1 unspecified atom stereocenters. The van der Waals surface area contributed by atoms with Gasteiger partial charge < -0.3 is 29.2 Å². The molecule has 304 valence electrons. The van der Waals surface area contributed by atoms with E-state index < -0.39 is 62.2 Å². The maximum Gasteiger partial charge on any atom is 0.459 e. The van der Waals surface area contributed by atoms with Crippen LogP contribution in [0.4, 0.5) is 5.82 Å². The van der Waals surface area contributed by atoms with E-state index >= 15 is 0 Å². The summed E-state index contributed by atoms with van der Waals surface area (Å²) in [5.41, 5.74) is 6.41. The molecule has 4 rings (SSSR count). The van der Waals surface area contributed by atoms with Gasteiger partial charge in [-0.2, -0.15) is 10.2 Å². The molecule has 1 aliphatic rings. The van der Waals surface area contributed by atoms with Crippen molar-refractivity contribution in [2.24, 2.45) is 17.8 Å². The topological polar surface area (TPSA) is 192 Å². The molecule has 3 N–H and O–H groups in total. The van der Waals surface area contributed by atoms with E-state index in [1.165, 1.54) is 17.8 Å². The molecule has 0 amide bonds. The summed E-state index contributed by atoms with van der Waals surface area (Å²) >= 11 is 0. The van der Waals surface area contributed by atoms with E-state index in [0.717, 1.165) is 5.56 Å². The number of benzene rings is 1. The fourth-order valence-corrected chi connectivity index (χ4v) is 7.58. The van der Waals surface area contributed by atoms with Gasteiger partial charge in [0.2, 0.25) is 0 Å². The zero-order valence-electron chi connectivity index (χ0n) is 33.9. The van der Waals surface area contributed by atoms with Crippen molar-refractivity contribution in [3.63, 3.8) is 0 Å². The Morgan fingerprint density at radius 2 is 1.56 bits per heavy atom. The highest BCUT2D eigenvalue weighted by molar-refractivity contribution is 7.52. The van der Waals surface area contributed by atoms with Crippen LogP contribution in [0.3, 0.4) is 0 Å². The van der Waals surface area contributed by atoms with E-state index in [4.69, 9.17) is 33.7 Å². The molecule has 1 fully saturated rings. The van der Waals surface area contributed by atoms with Crippen molar-refractivity contribution in [2.75, 3.05) is 18.9 Å². The normalized spacial score (nSPS) is 21.8. The number of nitrogens with one attached hydrogen (secondary N) is 1. The molecule has 3 heterocycles. The summed E-state index contributed by atoms with van der Waals surface area (Å²) < 4.78 is 52.6. The number of nitrogens with two attached hydrogens (primary N) is 1. The highest BCUT2D eigenvalue weighted by Gasteiger charge is 2.59. The first-order valence-corrected chi connectivity index (χ1v) is 20.3. The number of anilines is 1. The van der Waals surface area contributed by atoms with E-state index in [9.17, 15) is 18.9 Å². The van der Waals surface area contributed by atoms with E-state index in [1.807, 2.05) is 53.7 Å². The van der Waals surface area contributed by atoms with Gasteiger partial charge in [0.05, 0.1) is 18.9 Å². The quantitative estimate of drug-likeness (QED) is 0.0854. The van der Waals surface area contributed by atoms with Crippen LogP contribution in [0.2, 0.25) is 0 Å². The lowest BCUT2D eigenvalue weighted by Gasteiger charge is -2.31. The van der Waals surface area contributed by atoms with E-state index in [0.29, 0.717) is 11.2 Å². The Morgan fingerprint density at radius 3 is 2.15 bits per heavy atom. The summed E-state index contributed by atoms with van der Waals surface area (Å²) in [6.45, 7) is 20.3. The monoisotopic (exact) mass is 787 g/mol. The first-order valence-electron chi connectivity index (χ1n) is 18.8. The van der Waals surface area contributed by atoms with Crippen LogP contribution in [0.15, 0.2) is 42.7 Å². The van der Waals surface area contributed by atoms with Crippen molar-refractivity contribution < 1.29 is 46.9 Å². The van der Waals surface area contributed by atoms with Crippen LogP contribution in [0.1, 0.15) is 100 Å². The maximum absolute atomic E-state index is 14.7. The predicted octanol–water partition coefficient (Wildman–Crippen LogP) is 6.52. The molecule has 16 heteroatoms. The number of hydrogen-bond acceptors (Lipinski definition) is 13. The van der Waals surface area contributed by atoms with Gasteiger partial charge in [0.15, 0.2) is 18.0 Å². The Labute approximate surface area is 323 Å². The number of carbonyl (C=O) groups excluding carboxylic acids is 3. The minimum atomic E-state index is -4.43. The van der Waals surface area contributed by atoms with Crippen molar-refractivity contribution in [3.05, 3.63) is 54.0 Å². The zero-order valence-corrected chi connectivity index (χ0v) is 34.8. The number of aromatic nitrogens is 3. The van der Waals surface area contributed by atoms with Crippen LogP contribution in [0.5, 0.6) is 5.75 Å². The van der Waals surface area contributed by atoms with Gasteiger partial charge in [0.25, 0.3) is 0 Å². The van der Waals surface area contributed by atoms with Crippen LogP contribution in [0, 0.1) is 17.8 Å². The van der Waals surface area contributed by atoms with Gasteiger partial charge in [-0.3, -0.25) is 18.9 Å². The summed E-state index contributed by atoms with van der Waals surface area (Å²) in [6, 6.07) is 9.32. The average Bonchev–Trinajstić information content (AvgIpc) is 3.62. The lowest BCUT2D eigenvalue weighted by atomic mass is 9.87. The molecule has 0 saturated carbocycles. The second kappa shape index (κ2) is 17.8. The van der Waals surface area contributed by atoms with Crippen molar-refractivity contribution in [3.8, 4) is 5.75 Å². The van der Waals surface area contributed by atoms with Gasteiger partial charge in [-0.05, 0) is 66.8 Å². The van der Waals surface area contributed by atoms with Gasteiger partial charge >= 0.3 is 25.7 Å². The lowest BCUT2D eigenvalue weighted by Crippen LogP contribution is -2.45. The third kappa shape index (κ3) is 11.3. The molecule has 1 saturated heterocycles. The smallest absolute Gasteiger partial charge is 0.459 e. The summed E-state index contributed by atoms with van der Waals surface area (Å²) in [7, 11) is -4.43. The Hall–Kier alpha value is -4.04. The predicted molar refractivity (Wildman–Crippen MR) is 206 cm³/mol. The van der Waals surface area contributed by atoms with Crippen LogP contribution in [0.25, 0.3) is 5.52 Å². The van der Waals surface area contributed by atoms with Gasteiger partial charge in [0.1, 0.15) is 35.3 Å². The van der Waals surface area contributed by atoms with Crippen molar-refractivity contribution >= 4 is 37.0 Å². The van der Waals surface area contributed by atoms with Crippen LogP contribution < -0.4 is 15.3 Å². The molecule has 0 spiro atoms. The SMILES string of the molecule is CC(C)COC(=O)[C@H](C)NP(=O)(OC[C@H]1O[C@@](C)(c2ccc3c(N)ncnn23)[C@H](OC(=O)CC(C)C)[C@@H]1OC(=O)CC(C)C)Oc1ccc(C(C)(C)C)cc1. The van der Waals surface area contributed by atoms with Gasteiger partial charge in [-0.15, -0.1) is 0 Å². The summed E-state index contributed by atoms with van der Waals surface area (Å²) in [4.78, 5) is 43.7. The first kappa shape index (κ1) is 43.7. The van der Waals surface area contributed by atoms with Gasteiger partial charge in [-0.1, -0.05) is 74.4 Å². The minimum Gasteiger partial charge on any atom is -0.464 e. The summed E-state index contributed by atoms with van der Waals surface area (Å²) in [6.07, 6.45) is -2.21. The largest absolute Gasteiger partial charge is 0.464 e. The number of nitrogens with zero attached hydrogens (tertiary/aromatic N) is 3. The van der Waals surface area contributed by atoms with Crippen LogP contribution in [-0.4, -0.2) is 70.1 Å². The summed E-state index contributed by atoms with van der Waals surface area (Å²) in [5.74, 6) is -1.36. The van der Waals surface area contributed by atoms with Gasteiger partial charge in [0, 0.05) is 12.8 Å². The second-order valence-electron chi connectivity index (χ2n) is 16.5. The Balaban J connectivity index is 1.75. The highest BCUT2D eigenvalue weighted by atomic mass is 31.2. The molecular formula is C39H58N5O10P. The molecule has 1 aliphatic heterocycles. The Kier molecular flexibility index (Phi) is 14.2. The Morgan fingerprint density at radius 1 is 0.945 bits per heavy atom. The average molecular weight is 788 g/mol. The third-order valence-electron chi connectivity index (χ3n) is 8.89. The first-order chi connectivity index (χ1) is 25.6. The third-order valence-corrected chi connectivity index (χ3v) is 10.5.